The van der Waals surface area contributed by atoms with E-state index in [1.165, 1.54) is 30.3 Å². The van der Waals surface area contributed by atoms with Gasteiger partial charge in [0.1, 0.15) is 11.5 Å². The van der Waals surface area contributed by atoms with E-state index >= 15 is 0 Å². The summed E-state index contributed by atoms with van der Waals surface area (Å²) in [5.74, 6) is -2.49. The second-order valence-corrected chi connectivity index (χ2v) is 9.62. The molecule has 0 aliphatic rings. The summed E-state index contributed by atoms with van der Waals surface area (Å²) in [6, 6.07) is 21.4. The van der Waals surface area contributed by atoms with Crippen molar-refractivity contribution in [3.05, 3.63) is 131 Å². The van der Waals surface area contributed by atoms with Crippen LogP contribution in [0, 0.1) is 0 Å². The molecule has 0 fully saturated rings. The Morgan fingerprint density at radius 2 is 1.11 bits per heavy atom. The highest BCUT2D eigenvalue weighted by Gasteiger charge is 2.40. The lowest BCUT2D eigenvalue weighted by molar-refractivity contribution is -0.275. The molecule has 0 radical (unpaired) electrons. The van der Waals surface area contributed by atoms with Gasteiger partial charge in [-0.25, -0.2) is 0 Å². The molecule has 1 amide bonds. The number of nitrogens with one attached hydrogen (secondary N) is 1. The van der Waals surface area contributed by atoms with Gasteiger partial charge in [0.05, 0.1) is 11.1 Å². The summed E-state index contributed by atoms with van der Waals surface area (Å²) >= 11 is 0. The summed E-state index contributed by atoms with van der Waals surface area (Å²) in [5.41, 5.74) is -2.96. The van der Waals surface area contributed by atoms with Crippen molar-refractivity contribution < 1.29 is 53.8 Å². The van der Waals surface area contributed by atoms with Crippen LogP contribution in [0.3, 0.4) is 0 Å². The van der Waals surface area contributed by atoms with E-state index in [4.69, 9.17) is 0 Å². The van der Waals surface area contributed by atoms with Gasteiger partial charge in [0, 0.05) is 12.0 Å². The lowest BCUT2D eigenvalue weighted by Gasteiger charge is -2.36. The molecule has 4 rings (SSSR count). The Hall–Kier alpha value is -4.68. The van der Waals surface area contributed by atoms with Gasteiger partial charge in [-0.3, -0.25) is 4.79 Å². The summed E-state index contributed by atoms with van der Waals surface area (Å²) in [6.45, 7) is -0.558. The summed E-state index contributed by atoms with van der Waals surface area (Å²) in [4.78, 5) is 13.2. The number of amides is 1. The van der Waals surface area contributed by atoms with Gasteiger partial charge in [0.2, 0.25) is 0 Å². The van der Waals surface area contributed by atoms with Crippen molar-refractivity contribution in [1.29, 1.82) is 0 Å². The van der Waals surface area contributed by atoms with Gasteiger partial charge >= 0.3 is 18.9 Å². The average molecular weight is 628 g/mol. The monoisotopic (exact) mass is 627 g/mol. The molecular formula is C31H22F9NO3. The van der Waals surface area contributed by atoms with Gasteiger partial charge in [0.25, 0.3) is 5.91 Å². The Balaban J connectivity index is 1.90. The molecule has 1 N–H and O–H groups in total. The molecule has 4 aromatic rings. The smallest absolute Gasteiger partial charge is 0.406 e. The van der Waals surface area contributed by atoms with Crippen molar-refractivity contribution >= 4 is 5.91 Å². The molecule has 13 heteroatoms. The zero-order valence-electron chi connectivity index (χ0n) is 22.4. The van der Waals surface area contributed by atoms with E-state index in [1.807, 2.05) is 0 Å². The van der Waals surface area contributed by atoms with Crippen molar-refractivity contribution in [3.63, 3.8) is 0 Å². The number of halogens is 9. The number of hydrogen-bond acceptors (Lipinski definition) is 3. The Bertz CT molecular complexity index is 1520. The number of carbonyl (C=O) groups excluding carboxylic acids is 1. The molecule has 0 aromatic heterocycles. The van der Waals surface area contributed by atoms with Crippen LogP contribution in [0.4, 0.5) is 39.5 Å². The van der Waals surface area contributed by atoms with Crippen LogP contribution >= 0.6 is 0 Å². The van der Waals surface area contributed by atoms with Crippen LogP contribution in [0.2, 0.25) is 0 Å². The SMILES string of the molecule is O=C(NCC(Cc1ccccc1)(c1cccc(OC(F)(F)F)c1)c1cccc(OC(F)(F)F)c1)c1ccccc1C(F)(F)F. The van der Waals surface area contributed by atoms with Crippen molar-refractivity contribution in [2.24, 2.45) is 0 Å². The molecule has 0 saturated carbocycles. The first-order valence-corrected chi connectivity index (χ1v) is 12.8. The minimum absolute atomic E-state index is 0.0525. The number of hydrogen-bond donors (Lipinski definition) is 1. The lowest BCUT2D eigenvalue weighted by Crippen LogP contribution is -2.44. The maximum Gasteiger partial charge on any atom is 0.573 e. The number of alkyl halides is 9. The molecule has 0 aliphatic carbocycles. The van der Waals surface area contributed by atoms with E-state index in [0.717, 1.165) is 36.4 Å². The van der Waals surface area contributed by atoms with Gasteiger partial charge in [-0.2, -0.15) is 13.2 Å². The van der Waals surface area contributed by atoms with Gasteiger partial charge in [0.15, 0.2) is 0 Å². The van der Waals surface area contributed by atoms with Crippen LogP contribution in [0.15, 0.2) is 103 Å². The van der Waals surface area contributed by atoms with Crippen LogP contribution in [0.5, 0.6) is 11.5 Å². The molecule has 232 valence electrons. The highest BCUT2D eigenvalue weighted by atomic mass is 19.4. The third-order valence-electron chi connectivity index (χ3n) is 6.62. The second kappa shape index (κ2) is 12.5. The van der Waals surface area contributed by atoms with Crippen LogP contribution in [0.25, 0.3) is 0 Å². The molecule has 0 bridgehead atoms. The van der Waals surface area contributed by atoms with Crippen LogP contribution in [-0.2, 0) is 18.0 Å². The molecule has 0 spiro atoms. The van der Waals surface area contributed by atoms with Crippen molar-refractivity contribution in [3.8, 4) is 11.5 Å². The van der Waals surface area contributed by atoms with Gasteiger partial charge in [-0.1, -0.05) is 66.7 Å². The minimum atomic E-state index is -5.09. The normalized spacial score (nSPS) is 12.5. The van der Waals surface area contributed by atoms with E-state index in [9.17, 15) is 44.3 Å². The quantitative estimate of drug-likeness (QED) is 0.190. The predicted molar refractivity (Wildman–Crippen MR) is 141 cm³/mol. The number of carbonyl (C=O) groups is 1. The Morgan fingerprint density at radius 3 is 1.61 bits per heavy atom. The molecule has 4 aromatic carbocycles. The second-order valence-electron chi connectivity index (χ2n) is 9.62. The maximum atomic E-state index is 13.7. The summed E-state index contributed by atoms with van der Waals surface area (Å²) in [6.07, 6.45) is -15.2. The van der Waals surface area contributed by atoms with Crippen molar-refractivity contribution in [2.45, 2.75) is 30.7 Å². The van der Waals surface area contributed by atoms with Crippen LogP contribution < -0.4 is 14.8 Å². The lowest BCUT2D eigenvalue weighted by atomic mass is 9.70. The van der Waals surface area contributed by atoms with E-state index in [1.54, 1.807) is 30.3 Å². The van der Waals surface area contributed by atoms with Crippen LogP contribution in [0.1, 0.15) is 32.6 Å². The number of rotatable bonds is 9. The summed E-state index contributed by atoms with van der Waals surface area (Å²) in [5, 5.41) is 2.44. The fourth-order valence-corrected chi connectivity index (χ4v) is 4.82. The van der Waals surface area contributed by atoms with Gasteiger partial charge in [-0.05, 0) is 59.5 Å². The third kappa shape index (κ3) is 8.23. The summed E-state index contributed by atoms with van der Waals surface area (Å²) < 4.78 is 128. The van der Waals surface area contributed by atoms with Gasteiger partial charge in [-0.15, -0.1) is 26.3 Å². The fourth-order valence-electron chi connectivity index (χ4n) is 4.82. The zero-order chi connectivity index (χ0) is 32.2. The largest absolute Gasteiger partial charge is 0.573 e. The molecule has 0 atom stereocenters. The Kier molecular flexibility index (Phi) is 9.17. The van der Waals surface area contributed by atoms with E-state index in [2.05, 4.69) is 14.8 Å². The topological polar surface area (TPSA) is 47.6 Å². The molecule has 0 aliphatic heterocycles. The summed E-state index contributed by atoms with van der Waals surface area (Å²) in [7, 11) is 0. The molecule has 0 saturated heterocycles. The number of ether oxygens (including phenoxy) is 2. The van der Waals surface area contributed by atoms with E-state index in [0.29, 0.717) is 11.6 Å². The molecule has 0 unspecified atom stereocenters. The zero-order valence-corrected chi connectivity index (χ0v) is 22.4. The fraction of sp³-hybridized carbons (Fsp3) is 0.194. The minimum Gasteiger partial charge on any atom is -0.406 e. The highest BCUT2D eigenvalue weighted by Crippen LogP contribution is 2.40. The maximum absolute atomic E-state index is 13.7. The predicted octanol–water partition coefficient (Wildman–Crippen LogP) is 8.46. The van der Waals surface area contributed by atoms with Crippen molar-refractivity contribution in [1.82, 2.24) is 5.32 Å². The Morgan fingerprint density at radius 1 is 0.614 bits per heavy atom. The average Bonchev–Trinajstić information content (AvgIpc) is 2.94. The molecule has 0 heterocycles. The van der Waals surface area contributed by atoms with Gasteiger partial charge < -0.3 is 14.8 Å². The van der Waals surface area contributed by atoms with E-state index < -0.39 is 59.4 Å². The Labute approximate surface area is 245 Å². The van der Waals surface area contributed by atoms with Crippen LogP contribution in [-0.4, -0.2) is 25.2 Å². The first-order valence-electron chi connectivity index (χ1n) is 12.8. The standard InChI is InChI=1S/C31H22F9NO3/c32-29(33,34)26-15-5-4-14-25(26)27(42)41-19-28(18-20-8-2-1-3-9-20,21-10-6-12-23(16-21)43-30(35,36)37)22-11-7-13-24(17-22)44-31(38,39)40/h1-17H,18-19H2,(H,41,42). The highest BCUT2D eigenvalue weighted by molar-refractivity contribution is 5.96. The molecule has 4 nitrogen and oxygen atoms in total. The van der Waals surface area contributed by atoms with Crippen molar-refractivity contribution in [2.75, 3.05) is 6.54 Å². The third-order valence-corrected chi connectivity index (χ3v) is 6.62. The first-order chi connectivity index (χ1) is 20.6. The number of benzene rings is 4. The molecular weight excluding hydrogens is 605 g/mol. The molecule has 44 heavy (non-hydrogen) atoms. The first kappa shape index (κ1) is 32.2. The van der Waals surface area contributed by atoms with E-state index in [-0.39, 0.29) is 17.5 Å².